The third kappa shape index (κ3) is 4.95. The van der Waals surface area contributed by atoms with Crippen LogP contribution in [0.4, 0.5) is 5.69 Å². The molecule has 138 valence electrons. The van der Waals surface area contributed by atoms with Gasteiger partial charge in [0.05, 0.1) is 26.1 Å². The van der Waals surface area contributed by atoms with Crippen molar-refractivity contribution in [3.8, 4) is 11.6 Å². The molecule has 0 saturated carbocycles. The van der Waals surface area contributed by atoms with Gasteiger partial charge >= 0.3 is 0 Å². The largest absolute Gasteiger partial charge is 0.497 e. The molecule has 0 spiro atoms. The molecular weight excluding hydrogens is 334 g/mol. The van der Waals surface area contributed by atoms with Gasteiger partial charge in [-0.05, 0) is 36.2 Å². The van der Waals surface area contributed by atoms with E-state index in [2.05, 4.69) is 15.6 Å². The Morgan fingerprint density at radius 3 is 2.19 bits per heavy atom. The van der Waals surface area contributed by atoms with Crippen LogP contribution in [0, 0.1) is 5.92 Å². The fourth-order valence-electron chi connectivity index (χ4n) is 2.30. The first-order chi connectivity index (χ1) is 12.4. The van der Waals surface area contributed by atoms with Gasteiger partial charge in [0, 0.05) is 11.6 Å². The number of rotatable bonds is 7. The van der Waals surface area contributed by atoms with E-state index in [9.17, 15) is 9.59 Å². The number of anilines is 1. The van der Waals surface area contributed by atoms with Gasteiger partial charge in [-0.3, -0.25) is 9.59 Å². The minimum absolute atomic E-state index is 0.0941. The molecule has 7 nitrogen and oxygen atoms in total. The SMILES string of the molecule is COc1ccc(C(=O)N[C@@H](C(=O)Nc2ccc(OC)nc2)C(C)C)cc1. The predicted octanol–water partition coefficient (Wildman–Crippen LogP) is 2.49. The number of nitrogens with zero attached hydrogens (tertiary/aromatic N) is 1. The molecule has 0 aliphatic rings. The number of aromatic nitrogens is 1. The summed E-state index contributed by atoms with van der Waals surface area (Å²) in [6, 6.07) is 9.34. The molecule has 0 aliphatic heterocycles. The van der Waals surface area contributed by atoms with Crippen LogP contribution in [0.15, 0.2) is 42.6 Å². The number of carbonyl (C=O) groups excluding carboxylic acids is 2. The molecule has 2 amide bonds. The second-order valence-electron chi connectivity index (χ2n) is 6.00. The summed E-state index contributed by atoms with van der Waals surface area (Å²) in [7, 11) is 3.08. The number of ether oxygens (including phenoxy) is 2. The highest BCUT2D eigenvalue weighted by Crippen LogP contribution is 2.14. The maximum Gasteiger partial charge on any atom is 0.251 e. The summed E-state index contributed by atoms with van der Waals surface area (Å²) in [5.74, 6) is 0.384. The standard InChI is InChI=1S/C19H23N3O4/c1-12(2)17(19(24)21-14-7-10-16(26-4)20-11-14)22-18(23)13-5-8-15(25-3)9-6-13/h5-12,17H,1-4H3,(H,21,24)(H,22,23)/t17-/m1/s1. The van der Waals surface area contributed by atoms with Gasteiger partial charge in [0.2, 0.25) is 11.8 Å². The average molecular weight is 357 g/mol. The van der Waals surface area contributed by atoms with Crippen molar-refractivity contribution in [1.82, 2.24) is 10.3 Å². The molecule has 0 bridgehead atoms. The normalized spacial score (nSPS) is 11.6. The second-order valence-corrected chi connectivity index (χ2v) is 6.00. The average Bonchev–Trinajstić information content (AvgIpc) is 2.66. The van der Waals surface area contributed by atoms with E-state index in [1.54, 1.807) is 43.5 Å². The molecule has 0 radical (unpaired) electrons. The van der Waals surface area contributed by atoms with Crippen LogP contribution in [0.5, 0.6) is 11.6 Å². The maximum absolute atomic E-state index is 12.6. The number of hydrogen-bond acceptors (Lipinski definition) is 5. The number of methoxy groups -OCH3 is 2. The third-order valence-corrected chi connectivity index (χ3v) is 3.80. The van der Waals surface area contributed by atoms with Gasteiger partial charge in [0.1, 0.15) is 11.8 Å². The molecule has 1 atom stereocenters. The van der Waals surface area contributed by atoms with Crippen molar-refractivity contribution in [2.75, 3.05) is 19.5 Å². The van der Waals surface area contributed by atoms with Crippen molar-refractivity contribution in [1.29, 1.82) is 0 Å². The monoisotopic (exact) mass is 357 g/mol. The van der Waals surface area contributed by atoms with Gasteiger partial charge in [0.25, 0.3) is 5.91 Å². The van der Waals surface area contributed by atoms with Crippen molar-refractivity contribution in [2.45, 2.75) is 19.9 Å². The molecule has 2 rings (SSSR count). The number of pyridine rings is 1. The van der Waals surface area contributed by atoms with Crippen LogP contribution in [-0.2, 0) is 4.79 Å². The smallest absolute Gasteiger partial charge is 0.251 e. The predicted molar refractivity (Wildman–Crippen MR) is 98.5 cm³/mol. The topological polar surface area (TPSA) is 89.5 Å². The summed E-state index contributed by atoms with van der Waals surface area (Å²) in [6.45, 7) is 3.73. The molecule has 1 heterocycles. The van der Waals surface area contributed by atoms with E-state index in [0.717, 1.165) is 0 Å². The van der Waals surface area contributed by atoms with Crippen LogP contribution in [-0.4, -0.2) is 37.1 Å². The van der Waals surface area contributed by atoms with Crippen molar-refractivity contribution in [3.63, 3.8) is 0 Å². The van der Waals surface area contributed by atoms with Gasteiger partial charge in [-0.1, -0.05) is 13.8 Å². The molecule has 0 unspecified atom stereocenters. The van der Waals surface area contributed by atoms with Gasteiger partial charge in [0.15, 0.2) is 0 Å². The Hall–Kier alpha value is -3.09. The molecule has 1 aromatic carbocycles. The zero-order valence-corrected chi connectivity index (χ0v) is 15.3. The van der Waals surface area contributed by atoms with Gasteiger partial charge in [-0.2, -0.15) is 0 Å². The Morgan fingerprint density at radius 2 is 1.69 bits per heavy atom. The van der Waals surface area contributed by atoms with Gasteiger partial charge in [-0.25, -0.2) is 4.98 Å². The molecule has 1 aromatic heterocycles. The maximum atomic E-state index is 12.6. The second kappa shape index (κ2) is 8.84. The van der Waals surface area contributed by atoms with E-state index < -0.39 is 6.04 Å². The summed E-state index contributed by atoms with van der Waals surface area (Å²) in [5, 5.41) is 5.53. The van der Waals surface area contributed by atoms with E-state index >= 15 is 0 Å². The molecule has 0 aliphatic carbocycles. The van der Waals surface area contributed by atoms with E-state index in [4.69, 9.17) is 9.47 Å². The van der Waals surface area contributed by atoms with Crippen molar-refractivity contribution in [2.24, 2.45) is 5.92 Å². The number of benzene rings is 1. The molecular formula is C19H23N3O4. The fraction of sp³-hybridized carbons (Fsp3) is 0.316. The zero-order chi connectivity index (χ0) is 19.1. The molecule has 0 fully saturated rings. The first-order valence-electron chi connectivity index (χ1n) is 8.20. The highest BCUT2D eigenvalue weighted by Gasteiger charge is 2.25. The number of hydrogen-bond donors (Lipinski definition) is 2. The Balaban J connectivity index is 2.06. The zero-order valence-electron chi connectivity index (χ0n) is 15.3. The van der Waals surface area contributed by atoms with Crippen molar-refractivity contribution < 1.29 is 19.1 Å². The first kappa shape index (κ1) is 19.2. The Morgan fingerprint density at radius 1 is 1.00 bits per heavy atom. The summed E-state index contributed by atoms with van der Waals surface area (Å²) in [6.07, 6.45) is 1.50. The Bertz CT molecular complexity index is 742. The first-order valence-corrected chi connectivity index (χ1v) is 8.20. The number of nitrogens with one attached hydrogen (secondary N) is 2. The number of carbonyl (C=O) groups is 2. The summed E-state index contributed by atoms with van der Waals surface area (Å²) in [5.41, 5.74) is 0.982. The lowest BCUT2D eigenvalue weighted by Crippen LogP contribution is -2.47. The Kier molecular flexibility index (Phi) is 6.54. The number of amides is 2. The minimum atomic E-state index is -0.688. The highest BCUT2D eigenvalue weighted by atomic mass is 16.5. The van der Waals surface area contributed by atoms with E-state index in [-0.39, 0.29) is 17.7 Å². The summed E-state index contributed by atoms with van der Waals surface area (Å²) < 4.78 is 10.1. The lowest BCUT2D eigenvalue weighted by Gasteiger charge is -2.21. The van der Waals surface area contributed by atoms with Crippen LogP contribution in [0.1, 0.15) is 24.2 Å². The molecule has 2 aromatic rings. The van der Waals surface area contributed by atoms with Gasteiger partial charge in [-0.15, -0.1) is 0 Å². The summed E-state index contributed by atoms with van der Waals surface area (Å²) >= 11 is 0. The van der Waals surface area contributed by atoms with Crippen LogP contribution in [0.2, 0.25) is 0 Å². The molecule has 26 heavy (non-hydrogen) atoms. The molecule has 0 saturated heterocycles. The Labute approximate surface area is 152 Å². The molecule has 7 heteroatoms. The summed E-state index contributed by atoms with van der Waals surface area (Å²) in [4.78, 5) is 29.1. The van der Waals surface area contributed by atoms with Crippen LogP contribution < -0.4 is 20.1 Å². The van der Waals surface area contributed by atoms with Crippen molar-refractivity contribution >= 4 is 17.5 Å². The molecule has 2 N–H and O–H groups in total. The minimum Gasteiger partial charge on any atom is -0.497 e. The van der Waals surface area contributed by atoms with Crippen LogP contribution in [0.25, 0.3) is 0 Å². The quantitative estimate of drug-likeness (QED) is 0.795. The fourth-order valence-corrected chi connectivity index (χ4v) is 2.30. The third-order valence-electron chi connectivity index (χ3n) is 3.80. The lowest BCUT2D eigenvalue weighted by molar-refractivity contribution is -0.118. The van der Waals surface area contributed by atoms with E-state index in [0.29, 0.717) is 22.9 Å². The van der Waals surface area contributed by atoms with Gasteiger partial charge < -0.3 is 20.1 Å². The van der Waals surface area contributed by atoms with E-state index in [1.165, 1.54) is 13.3 Å². The van der Waals surface area contributed by atoms with Crippen LogP contribution in [0.3, 0.4) is 0 Å². The van der Waals surface area contributed by atoms with Crippen molar-refractivity contribution in [3.05, 3.63) is 48.2 Å². The van der Waals surface area contributed by atoms with Crippen LogP contribution >= 0.6 is 0 Å². The lowest BCUT2D eigenvalue weighted by atomic mass is 10.0. The van der Waals surface area contributed by atoms with E-state index in [1.807, 2.05) is 13.8 Å². The highest BCUT2D eigenvalue weighted by molar-refractivity contribution is 6.01.